The van der Waals surface area contributed by atoms with E-state index in [2.05, 4.69) is 175 Å². The molecule has 0 radical (unpaired) electrons. The fourth-order valence-corrected chi connectivity index (χ4v) is 7.59. The average molecular weight is 609 g/mol. The number of hydrogen-bond donors (Lipinski definition) is 1. The highest BCUT2D eigenvalue weighted by Crippen LogP contribution is 2.55. The van der Waals surface area contributed by atoms with Gasteiger partial charge in [-0.05, 0) is 89.3 Å². The Morgan fingerprint density at radius 3 is 1.79 bits per heavy atom. The van der Waals surface area contributed by atoms with Crippen molar-refractivity contribution in [3.8, 4) is 11.3 Å². The zero-order valence-corrected chi connectivity index (χ0v) is 26.9. The number of nitrogens with zero attached hydrogens (tertiary/aromatic N) is 3. The second kappa shape index (κ2) is 11.3. The molecule has 4 heteroatoms. The number of para-hydroxylation sites is 1. The number of H-pyrrole nitrogens is 1. The third-order valence-corrected chi connectivity index (χ3v) is 9.72. The van der Waals surface area contributed by atoms with Crippen LogP contribution in [0.5, 0.6) is 0 Å². The summed E-state index contributed by atoms with van der Waals surface area (Å²) in [7, 11) is 0. The Balaban J connectivity index is 1.40. The molecule has 0 saturated heterocycles. The van der Waals surface area contributed by atoms with E-state index in [0.29, 0.717) is 0 Å². The molecule has 0 unspecified atom stereocenters. The quantitative estimate of drug-likeness (QED) is 0.204. The van der Waals surface area contributed by atoms with Gasteiger partial charge in [0.15, 0.2) is 0 Å². The van der Waals surface area contributed by atoms with Gasteiger partial charge in [0, 0.05) is 39.9 Å². The van der Waals surface area contributed by atoms with Crippen molar-refractivity contribution in [2.45, 2.75) is 31.6 Å². The molecule has 228 valence electrons. The molecule has 4 nitrogen and oxygen atoms in total. The van der Waals surface area contributed by atoms with Crippen molar-refractivity contribution < 1.29 is 0 Å². The van der Waals surface area contributed by atoms with Gasteiger partial charge in [-0.2, -0.15) is 5.10 Å². The lowest BCUT2D eigenvalue weighted by Gasteiger charge is -2.47. The third kappa shape index (κ3) is 4.59. The zero-order chi connectivity index (χ0) is 32.0. The van der Waals surface area contributed by atoms with E-state index >= 15 is 0 Å². The molecule has 0 amide bonds. The lowest BCUT2D eigenvalue weighted by Crippen LogP contribution is -2.42. The van der Waals surface area contributed by atoms with Crippen molar-refractivity contribution in [1.82, 2.24) is 15.2 Å². The highest BCUT2D eigenvalue weighted by molar-refractivity contribution is 5.80. The molecule has 2 aromatic heterocycles. The Kier molecular flexibility index (Phi) is 6.87. The molecule has 0 spiro atoms. The van der Waals surface area contributed by atoms with Crippen LogP contribution in [-0.4, -0.2) is 15.2 Å². The molecule has 2 heterocycles. The Bertz CT molecular complexity index is 2150. The minimum Gasteiger partial charge on any atom is -0.310 e. The first-order valence-electron chi connectivity index (χ1n) is 16.2. The molecule has 0 fully saturated rings. The van der Waals surface area contributed by atoms with E-state index in [1.165, 1.54) is 27.8 Å². The van der Waals surface area contributed by atoms with E-state index < -0.39 is 5.41 Å². The second-order valence-corrected chi connectivity index (χ2v) is 12.9. The van der Waals surface area contributed by atoms with E-state index in [1.807, 2.05) is 19.2 Å². The van der Waals surface area contributed by atoms with Gasteiger partial charge in [0.1, 0.15) is 0 Å². The smallest absolute Gasteiger partial charge is 0.0924 e. The maximum atomic E-state index is 5.11. The van der Waals surface area contributed by atoms with Crippen molar-refractivity contribution in [2.24, 2.45) is 0 Å². The van der Waals surface area contributed by atoms with Gasteiger partial charge in [-0.25, -0.2) is 0 Å². The summed E-state index contributed by atoms with van der Waals surface area (Å²) >= 11 is 0. The van der Waals surface area contributed by atoms with Gasteiger partial charge in [0.05, 0.1) is 16.8 Å². The van der Waals surface area contributed by atoms with Crippen molar-refractivity contribution in [3.05, 3.63) is 197 Å². The van der Waals surface area contributed by atoms with E-state index in [9.17, 15) is 0 Å². The van der Waals surface area contributed by atoms with E-state index in [0.717, 1.165) is 39.7 Å². The largest absolute Gasteiger partial charge is 0.310 e. The molecule has 1 N–H and O–H groups in total. The van der Waals surface area contributed by atoms with Crippen molar-refractivity contribution in [3.63, 3.8) is 0 Å². The van der Waals surface area contributed by atoms with Crippen LogP contribution in [0.2, 0.25) is 0 Å². The van der Waals surface area contributed by atoms with Crippen LogP contribution in [0.25, 0.3) is 11.3 Å². The molecule has 0 aliphatic heterocycles. The summed E-state index contributed by atoms with van der Waals surface area (Å²) in [5.41, 5.74) is 12.8. The van der Waals surface area contributed by atoms with Gasteiger partial charge in [-0.3, -0.25) is 10.1 Å². The maximum absolute atomic E-state index is 5.11. The molecular weight excluding hydrogens is 573 g/mol. The van der Waals surface area contributed by atoms with Crippen LogP contribution in [0, 0.1) is 6.92 Å². The Morgan fingerprint density at radius 2 is 1.15 bits per heavy atom. The Morgan fingerprint density at radius 1 is 0.553 bits per heavy atom. The number of aromatic amines is 1. The standard InChI is InChI=1S/C43H36N4/c1-30-27-40(46-45-30)31-15-13-19-34(28-31)47(33-17-5-4-6-18-33)35-20-14-16-32(29-35)43(41-25-11-12-26-44-41)38-23-9-7-21-36(38)42(2,3)37-22-8-10-24-39(37)43/h4-29H,1-3H3,(H,45,46). The number of anilines is 3. The van der Waals surface area contributed by atoms with Crippen LogP contribution in [0.3, 0.4) is 0 Å². The first-order chi connectivity index (χ1) is 23.0. The predicted molar refractivity (Wildman–Crippen MR) is 192 cm³/mol. The van der Waals surface area contributed by atoms with Crippen molar-refractivity contribution in [1.29, 1.82) is 0 Å². The number of benzene rings is 5. The van der Waals surface area contributed by atoms with Gasteiger partial charge >= 0.3 is 0 Å². The minimum atomic E-state index is -0.628. The van der Waals surface area contributed by atoms with Gasteiger partial charge in [-0.15, -0.1) is 0 Å². The Labute approximate surface area is 276 Å². The fourth-order valence-electron chi connectivity index (χ4n) is 7.59. The molecule has 0 saturated carbocycles. The van der Waals surface area contributed by atoms with E-state index in [4.69, 9.17) is 4.98 Å². The number of aryl methyl sites for hydroxylation is 1. The highest BCUT2D eigenvalue weighted by atomic mass is 15.1. The molecule has 47 heavy (non-hydrogen) atoms. The number of hydrogen-bond acceptors (Lipinski definition) is 3. The molecule has 1 aliphatic carbocycles. The maximum Gasteiger partial charge on any atom is 0.0924 e. The first-order valence-corrected chi connectivity index (χ1v) is 16.2. The zero-order valence-electron chi connectivity index (χ0n) is 26.9. The number of aromatic nitrogens is 3. The number of fused-ring (bicyclic) bond motifs is 2. The summed E-state index contributed by atoms with van der Waals surface area (Å²) in [6.07, 6.45) is 1.92. The summed E-state index contributed by atoms with van der Waals surface area (Å²) in [6.45, 7) is 6.71. The van der Waals surface area contributed by atoms with Crippen LogP contribution in [0.1, 0.15) is 53.1 Å². The molecule has 0 bridgehead atoms. The molecule has 5 aromatic carbocycles. The van der Waals surface area contributed by atoms with Crippen LogP contribution in [0.15, 0.2) is 158 Å². The lowest BCUT2D eigenvalue weighted by molar-refractivity contribution is 0.552. The fraction of sp³-hybridized carbons (Fsp3) is 0.116. The minimum absolute atomic E-state index is 0.176. The normalized spacial score (nSPS) is 14.2. The molecule has 1 aliphatic rings. The SMILES string of the molecule is Cc1cc(-c2cccc(N(c3ccccc3)c3cccc(C4(c5ccccn5)c5ccccc5C(C)(C)c5ccccc54)c3)c2)n[nH]1. The van der Waals surface area contributed by atoms with Crippen molar-refractivity contribution >= 4 is 17.1 Å². The Hall–Kier alpha value is -5.74. The van der Waals surface area contributed by atoms with Crippen molar-refractivity contribution in [2.75, 3.05) is 4.90 Å². The summed E-state index contributed by atoms with van der Waals surface area (Å²) in [5, 5.41) is 7.65. The molecule has 0 atom stereocenters. The predicted octanol–water partition coefficient (Wildman–Crippen LogP) is 10.3. The van der Waals surface area contributed by atoms with Crippen LogP contribution in [0.4, 0.5) is 17.1 Å². The monoisotopic (exact) mass is 608 g/mol. The summed E-state index contributed by atoms with van der Waals surface area (Å²) in [5.74, 6) is 0. The van der Waals surface area contributed by atoms with Crippen LogP contribution in [-0.2, 0) is 10.8 Å². The topological polar surface area (TPSA) is 44.8 Å². The third-order valence-electron chi connectivity index (χ3n) is 9.72. The van der Waals surface area contributed by atoms with Crippen LogP contribution < -0.4 is 4.90 Å². The average Bonchev–Trinajstić information content (AvgIpc) is 3.56. The van der Waals surface area contributed by atoms with Gasteiger partial charge in [0.25, 0.3) is 0 Å². The van der Waals surface area contributed by atoms with E-state index in [1.54, 1.807) is 0 Å². The van der Waals surface area contributed by atoms with Gasteiger partial charge in [-0.1, -0.05) is 111 Å². The second-order valence-electron chi connectivity index (χ2n) is 12.9. The summed E-state index contributed by atoms with van der Waals surface area (Å²) in [6, 6.07) is 54.5. The summed E-state index contributed by atoms with van der Waals surface area (Å²) in [4.78, 5) is 7.45. The molecule has 8 rings (SSSR count). The number of rotatable bonds is 6. The molecular formula is C43H36N4. The van der Waals surface area contributed by atoms with Gasteiger partial charge < -0.3 is 4.90 Å². The first kappa shape index (κ1) is 28.7. The lowest BCUT2D eigenvalue weighted by atomic mass is 9.55. The van der Waals surface area contributed by atoms with Crippen LogP contribution >= 0.6 is 0 Å². The highest BCUT2D eigenvalue weighted by Gasteiger charge is 2.49. The van der Waals surface area contributed by atoms with Gasteiger partial charge in [0.2, 0.25) is 0 Å². The number of pyridine rings is 1. The molecule has 7 aromatic rings. The summed E-state index contributed by atoms with van der Waals surface area (Å²) < 4.78 is 0. The van der Waals surface area contributed by atoms with E-state index in [-0.39, 0.29) is 5.41 Å². The number of nitrogens with one attached hydrogen (secondary N) is 1.